The molecule has 6 rings (SSSR count). The molecule has 0 unspecified atom stereocenters. The molecular weight excluding hydrogens is 520 g/mol. The second-order valence-electron chi connectivity index (χ2n) is 11.5. The molecule has 0 spiro atoms. The first-order valence-corrected chi connectivity index (χ1v) is 15.8. The van der Waals surface area contributed by atoms with E-state index in [4.69, 9.17) is 0 Å². The summed E-state index contributed by atoms with van der Waals surface area (Å²) in [5.74, 6) is 0. The van der Waals surface area contributed by atoms with E-state index in [1.165, 1.54) is 65.7 Å². The Balaban J connectivity index is 1.51. The van der Waals surface area contributed by atoms with E-state index in [1.807, 2.05) is 11.8 Å². The number of piperazine rings is 2. The number of rotatable bonds is 6. The molecule has 0 aromatic heterocycles. The van der Waals surface area contributed by atoms with Gasteiger partial charge in [-0.15, -0.1) is 0 Å². The molecule has 0 radical (unpaired) electrons. The van der Waals surface area contributed by atoms with Gasteiger partial charge in [-0.3, -0.25) is 0 Å². The van der Waals surface area contributed by atoms with Gasteiger partial charge in [0, 0.05) is 73.3 Å². The van der Waals surface area contributed by atoms with Gasteiger partial charge in [-0.1, -0.05) is 83.6 Å². The van der Waals surface area contributed by atoms with E-state index in [0.29, 0.717) is 0 Å². The molecule has 2 N–H and O–H groups in total. The SMILES string of the molecule is Cc1ccc(-c2cccc(Sc3cccc(-c4ccc(C)cc4C)c3N3CCNCC3)c2N2CCNCC2)c(C)c1. The molecule has 2 saturated heterocycles. The van der Waals surface area contributed by atoms with Crippen molar-refractivity contribution in [1.29, 1.82) is 0 Å². The zero-order valence-electron chi connectivity index (χ0n) is 24.9. The normalized spacial score (nSPS) is 15.8. The Morgan fingerprint density at radius 2 is 0.927 bits per heavy atom. The minimum Gasteiger partial charge on any atom is -0.368 e. The highest BCUT2D eigenvalue weighted by Crippen LogP contribution is 2.48. The van der Waals surface area contributed by atoms with E-state index < -0.39 is 0 Å². The van der Waals surface area contributed by atoms with Gasteiger partial charge in [0.15, 0.2) is 0 Å². The van der Waals surface area contributed by atoms with Crippen LogP contribution in [0, 0.1) is 27.7 Å². The van der Waals surface area contributed by atoms with Crippen LogP contribution in [-0.4, -0.2) is 52.4 Å². The Morgan fingerprint density at radius 1 is 0.512 bits per heavy atom. The lowest BCUT2D eigenvalue weighted by atomic mass is 9.96. The third-order valence-electron chi connectivity index (χ3n) is 8.43. The molecule has 0 saturated carbocycles. The van der Waals surface area contributed by atoms with Crippen LogP contribution in [0.15, 0.2) is 82.6 Å². The molecular formula is C36H42N4S. The van der Waals surface area contributed by atoms with E-state index in [-0.39, 0.29) is 0 Å². The standard InChI is InChI=1S/C36H42N4S/c1-25-11-13-29(27(3)23-25)31-7-5-9-33(35(31)39-19-15-37-16-20-39)41-34-10-6-8-32(30-14-12-26(2)24-28(30)4)36(34)40-21-17-38-18-22-40/h5-14,23-24,37-38H,15-22H2,1-4H3. The fraction of sp³-hybridized carbons (Fsp3) is 0.333. The number of nitrogens with one attached hydrogen (secondary N) is 2. The van der Waals surface area contributed by atoms with Crippen molar-refractivity contribution in [3.8, 4) is 22.3 Å². The Morgan fingerprint density at radius 3 is 1.32 bits per heavy atom. The highest BCUT2D eigenvalue weighted by molar-refractivity contribution is 7.99. The molecule has 0 amide bonds. The second-order valence-corrected chi connectivity index (χ2v) is 12.6. The van der Waals surface area contributed by atoms with Crippen LogP contribution in [-0.2, 0) is 0 Å². The number of benzene rings is 4. The van der Waals surface area contributed by atoms with Gasteiger partial charge in [0.05, 0.1) is 11.4 Å². The lowest BCUT2D eigenvalue weighted by Gasteiger charge is -2.35. The van der Waals surface area contributed by atoms with Crippen molar-refractivity contribution >= 4 is 23.1 Å². The second kappa shape index (κ2) is 12.3. The van der Waals surface area contributed by atoms with Gasteiger partial charge in [0.1, 0.15) is 0 Å². The molecule has 41 heavy (non-hydrogen) atoms. The van der Waals surface area contributed by atoms with Crippen LogP contribution in [0.5, 0.6) is 0 Å². The smallest absolute Gasteiger partial charge is 0.0588 e. The summed E-state index contributed by atoms with van der Waals surface area (Å²) in [6, 6.07) is 27.6. The van der Waals surface area contributed by atoms with Crippen molar-refractivity contribution in [1.82, 2.24) is 10.6 Å². The molecule has 212 valence electrons. The first kappa shape index (κ1) is 27.9. The topological polar surface area (TPSA) is 30.5 Å². The van der Waals surface area contributed by atoms with Crippen LogP contribution >= 0.6 is 11.8 Å². The summed E-state index contributed by atoms with van der Waals surface area (Å²) in [5.41, 5.74) is 13.4. The summed E-state index contributed by atoms with van der Waals surface area (Å²) < 4.78 is 0. The quantitative estimate of drug-likeness (QED) is 0.259. The van der Waals surface area contributed by atoms with Gasteiger partial charge in [0.25, 0.3) is 0 Å². The first-order valence-electron chi connectivity index (χ1n) is 15.0. The molecule has 2 heterocycles. The average Bonchev–Trinajstić information content (AvgIpc) is 2.98. The largest absolute Gasteiger partial charge is 0.368 e. The van der Waals surface area contributed by atoms with Gasteiger partial charge in [0.2, 0.25) is 0 Å². The van der Waals surface area contributed by atoms with Gasteiger partial charge < -0.3 is 20.4 Å². The van der Waals surface area contributed by atoms with E-state index in [0.717, 1.165) is 52.4 Å². The van der Waals surface area contributed by atoms with E-state index in [2.05, 4.69) is 121 Å². The maximum Gasteiger partial charge on any atom is 0.0588 e. The van der Waals surface area contributed by atoms with Crippen LogP contribution < -0.4 is 20.4 Å². The maximum atomic E-state index is 3.56. The highest BCUT2D eigenvalue weighted by atomic mass is 32.2. The first-order chi connectivity index (χ1) is 20.0. The summed E-state index contributed by atoms with van der Waals surface area (Å²) in [5, 5.41) is 7.12. The maximum absolute atomic E-state index is 3.56. The molecule has 0 aliphatic carbocycles. The van der Waals surface area contributed by atoms with Gasteiger partial charge >= 0.3 is 0 Å². The molecule has 0 bridgehead atoms. The van der Waals surface area contributed by atoms with Crippen molar-refractivity contribution in [3.63, 3.8) is 0 Å². The number of anilines is 2. The fourth-order valence-electron chi connectivity index (χ4n) is 6.42. The molecule has 4 aromatic rings. The van der Waals surface area contributed by atoms with Crippen molar-refractivity contribution in [2.24, 2.45) is 0 Å². The molecule has 5 heteroatoms. The Kier molecular flexibility index (Phi) is 8.38. The number of aryl methyl sites for hydroxylation is 4. The molecule has 2 aliphatic rings. The Labute approximate surface area is 250 Å². The minimum absolute atomic E-state index is 1.01. The minimum atomic E-state index is 1.01. The van der Waals surface area contributed by atoms with Crippen LogP contribution in [0.25, 0.3) is 22.3 Å². The summed E-state index contributed by atoms with van der Waals surface area (Å²) in [7, 11) is 0. The molecule has 4 nitrogen and oxygen atoms in total. The van der Waals surface area contributed by atoms with Crippen LogP contribution in [0.3, 0.4) is 0 Å². The molecule has 4 aromatic carbocycles. The monoisotopic (exact) mass is 562 g/mol. The third kappa shape index (κ3) is 5.90. The number of para-hydroxylation sites is 2. The van der Waals surface area contributed by atoms with Gasteiger partial charge in [-0.25, -0.2) is 0 Å². The summed E-state index contributed by atoms with van der Waals surface area (Å²) in [6.45, 7) is 17.0. The zero-order chi connectivity index (χ0) is 28.3. The van der Waals surface area contributed by atoms with E-state index >= 15 is 0 Å². The Hall–Kier alpha value is -3.25. The number of nitrogens with zero attached hydrogens (tertiary/aromatic N) is 2. The van der Waals surface area contributed by atoms with Crippen molar-refractivity contribution < 1.29 is 0 Å². The van der Waals surface area contributed by atoms with E-state index in [9.17, 15) is 0 Å². The van der Waals surface area contributed by atoms with Crippen molar-refractivity contribution in [3.05, 3.63) is 95.1 Å². The Bertz CT molecular complexity index is 1420. The summed E-state index contributed by atoms with van der Waals surface area (Å²) in [6.07, 6.45) is 0. The van der Waals surface area contributed by atoms with Crippen LogP contribution in [0.1, 0.15) is 22.3 Å². The summed E-state index contributed by atoms with van der Waals surface area (Å²) in [4.78, 5) is 7.87. The van der Waals surface area contributed by atoms with Crippen LogP contribution in [0.4, 0.5) is 11.4 Å². The lowest BCUT2D eigenvalue weighted by Crippen LogP contribution is -2.44. The van der Waals surface area contributed by atoms with Crippen molar-refractivity contribution in [2.75, 3.05) is 62.2 Å². The fourth-order valence-corrected chi connectivity index (χ4v) is 7.62. The van der Waals surface area contributed by atoms with Crippen molar-refractivity contribution in [2.45, 2.75) is 37.5 Å². The van der Waals surface area contributed by atoms with Gasteiger partial charge in [-0.2, -0.15) is 0 Å². The van der Waals surface area contributed by atoms with Gasteiger partial charge in [-0.05, 0) is 62.1 Å². The highest BCUT2D eigenvalue weighted by Gasteiger charge is 2.24. The molecule has 2 aliphatic heterocycles. The predicted octanol–water partition coefficient (Wildman–Crippen LogP) is 7.22. The van der Waals surface area contributed by atoms with E-state index in [1.54, 1.807) is 0 Å². The number of hydrogen-bond acceptors (Lipinski definition) is 5. The zero-order valence-corrected chi connectivity index (χ0v) is 25.7. The molecule has 2 fully saturated rings. The third-order valence-corrected chi connectivity index (χ3v) is 9.53. The average molecular weight is 563 g/mol. The van der Waals surface area contributed by atoms with Crippen LogP contribution in [0.2, 0.25) is 0 Å². The predicted molar refractivity (Wildman–Crippen MR) is 177 cm³/mol. The summed E-state index contributed by atoms with van der Waals surface area (Å²) >= 11 is 1.94. The number of hydrogen-bond donors (Lipinski definition) is 2. The molecule has 0 atom stereocenters. The lowest BCUT2D eigenvalue weighted by molar-refractivity contribution is 0.586.